The van der Waals surface area contributed by atoms with E-state index in [2.05, 4.69) is 21.8 Å². The highest BCUT2D eigenvalue weighted by Gasteiger charge is 2.37. The van der Waals surface area contributed by atoms with Crippen LogP contribution in [0.4, 0.5) is 18.9 Å². The number of rotatable bonds is 5. The fourth-order valence-corrected chi connectivity index (χ4v) is 4.52. The quantitative estimate of drug-likeness (QED) is 0.411. The molecule has 33 heavy (non-hydrogen) atoms. The Bertz CT molecular complexity index is 1160. The van der Waals surface area contributed by atoms with E-state index < -0.39 is 17.8 Å². The maximum Gasteiger partial charge on any atom is 0.416 e. The molecule has 4 nitrogen and oxygen atoms in total. The van der Waals surface area contributed by atoms with E-state index in [-0.39, 0.29) is 5.41 Å². The molecule has 4 rings (SSSR count). The standard InChI is InChI=1S/C26H26F3N3O/c1-18(23-16-21(26(27,28)29)15-19-5-4-12-31-24(19)23)33-17-25(10-13-32(3)14-11-25)20-6-8-22(30-2)9-7-20/h4-9,12,15-16,18H,10-11,13-14,17H2,1,3H3. The van der Waals surface area contributed by atoms with Crippen LogP contribution in [0.1, 0.15) is 42.6 Å². The second-order valence-corrected chi connectivity index (χ2v) is 8.83. The average molecular weight is 454 g/mol. The lowest BCUT2D eigenvalue weighted by Gasteiger charge is -2.41. The highest BCUT2D eigenvalue weighted by atomic mass is 19.4. The number of likely N-dealkylation sites (tertiary alicyclic amines) is 1. The number of ether oxygens (including phenoxy) is 1. The molecule has 0 spiro atoms. The Hall–Kier alpha value is -2.95. The number of hydrogen-bond donors (Lipinski definition) is 0. The zero-order valence-electron chi connectivity index (χ0n) is 18.7. The number of benzene rings is 2. The molecule has 0 bridgehead atoms. The van der Waals surface area contributed by atoms with Crippen LogP contribution in [0.15, 0.2) is 54.7 Å². The van der Waals surface area contributed by atoms with E-state index in [0.717, 1.165) is 43.6 Å². The van der Waals surface area contributed by atoms with Gasteiger partial charge in [0, 0.05) is 22.6 Å². The lowest BCUT2D eigenvalue weighted by Crippen LogP contribution is -2.44. The Kier molecular flexibility index (Phi) is 6.42. The summed E-state index contributed by atoms with van der Waals surface area (Å²) >= 11 is 0. The van der Waals surface area contributed by atoms with E-state index in [4.69, 9.17) is 11.3 Å². The molecule has 0 N–H and O–H groups in total. The zero-order chi connectivity index (χ0) is 23.6. The summed E-state index contributed by atoms with van der Waals surface area (Å²) in [6.45, 7) is 11.2. The van der Waals surface area contributed by atoms with Crippen molar-refractivity contribution in [1.29, 1.82) is 0 Å². The average Bonchev–Trinajstić information content (AvgIpc) is 2.82. The van der Waals surface area contributed by atoms with Gasteiger partial charge in [-0.15, -0.1) is 0 Å². The van der Waals surface area contributed by atoms with Crippen LogP contribution in [0.5, 0.6) is 0 Å². The predicted octanol–water partition coefficient (Wildman–Crippen LogP) is 6.55. The molecule has 0 aliphatic carbocycles. The van der Waals surface area contributed by atoms with E-state index >= 15 is 0 Å². The molecule has 0 amide bonds. The Morgan fingerprint density at radius 1 is 1.15 bits per heavy atom. The highest BCUT2D eigenvalue weighted by molar-refractivity contribution is 5.83. The van der Waals surface area contributed by atoms with Crippen molar-refractivity contribution in [1.82, 2.24) is 9.88 Å². The van der Waals surface area contributed by atoms with Crippen molar-refractivity contribution < 1.29 is 17.9 Å². The first-order valence-corrected chi connectivity index (χ1v) is 11.0. The molecule has 2 heterocycles. The van der Waals surface area contributed by atoms with E-state index in [9.17, 15) is 13.2 Å². The summed E-state index contributed by atoms with van der Waals surface area (Å²) in [5, 5.41) is 0.446. The number of aromatic nitrogens is 1. The van der Waals surface area contributed by atoms with Gasteiger partial charge in [-0.05, 0) is 63.7 Å². The smallest absolute Gasteiger partial charge is 0.373 e. The topological polar surface area (TPSA) is 29.7 Å². The SMILES string of the molecule is [C-]#[N+]c1ccc(C2(COC(C)c3cc(C(F)(F)F)cc4cccnc34)CCN(C)CC2)cc1. The molecule has 0 radical (unpaired) electrons. The molecule has 1 aromatic heterocycles. The summed E-state index contributed by atoms with van der Waals surface area (Å²) in [6, 6.07) is 13.2. The van der Waals surface area contributed by atoms with Crippen LogP contribution in [-0.2, 0) is 16.3 Å². The molecule has 3 aromatic rings. The van der Waals surface area contributed by atoms with Gasteiger partial charge in [0.15, 0.2) is 5.69 Å². The fourth-order valence-electron chi connectivity index (χ4n) is 4.52. The molecule has 172 valence electrons. The summed E-state index contributed by atoms with van der Waals surface area (Å²) in [4.78, 5) is 10.1. The van der Waals surface area contributed by atoms with Crippen LogP contribution in [0.25, 0.3) is 15.7 Å². The van der Waals surface area contributed by atoms with Gasteiger partial charge in [0.1, 0.15) is 0 Å². The van der Waals surface area contributed by atoms with Crippen molar-refractivity contribution in [3.05, 3.63) is 82.8 Å². The summed E-state index contributed by atoms with van der Waals surface area (Å²) in [5.74, 6) is 0. The van der Waals surface area contributed by atoms with Crippen molar-refractivity contribution in [2.75, 3.05) is 26.7 Å². The molecular weight excluding hydrogens is 427 g/mol. The number of nitrogens with zero attached hydrogens (tertiary/aromatic N) is 3. The number of halogens is 3. The lowest BCUT2D eigenvalue weighted by molar-refractivity contribution is -0.137. The third kappa shape index (κ3) is 4.87. The van der Waals surface area contributed by atoms with E-state index in [1.807, 2.05) is 24.3 Å². The molecule has 1 saturated heterocycles. The van der Waals surface area contributed by atoms with Crippen molar-refractivity contribution >= 4 is 16.6 Å². The molecule has 1 atom stereocenters. The van der Waals surface area contributed by atoms with Crippen LogP contribution in [0, 0.1) is 6.57 Å². The van der Waals surface area contributed by atoms with Gasteiger partial charge in [-0.2, -0.15) is 13.2 Å². The number of pyridine rings is 1. The minimum Gasteiger partial charge on any atom is -0.373 e. The monoisotopic (exact) mass is 453 g/mol. The van der Waals surface area contributed by atoms with Gasteiger partial charge in [-0.1, -0.05) is 30.3 Å². The maximum absolute atomic E-state index is 13.5. The van der Waals surface area contributed by atoms with E-state index in [0.29, 0.717) is 28.8 Å². The summed E-state index contributed by atoms with van der Waals surface area (Å²) in [5.41, 5.74) is 1.69. The Labute approximate surface area is 191 Å². The fraction of sp³-hybridized carbons (Fsp3) is 0.385. The maximum atomic E-state index is 13.5. The number of alkyl halides is 3. The number of hydrogen-bond acceptors (Lipinski definition) is 3. The molecule has 1 aliphatic heterocycles. The Balaban J connectivity index is 1.65. The number of piperidine rings is 1. The van der Waals surface area contributed by atoms with Gasteiger partial charge in [-0.3, -0.25) is 4.98 Å². The van der Waals surface area contributed by atoms with Gasteiger partial charge in [0.2, 0.25) is 0 Å². The van der Waals surface area contributed by atoms with Crippen LogP contribution in [0.2, 0.25) is 0 Å². The molecular formula is C26H26F3N3O. The molecule has 1 unspecified atom stereocenters. The second kappa shape index (κ2) is 9.12. The Morgan fingerprint density at radius 2 is 1.85 bits per heavy atom. The van der Waals surface area contributed by atoms with Crippen molar-refractivity contribution in [3.63, 3.8) is 0 Å². The zero-order valence-corrected chi connectivity index (χ0v) is 18.7. The normalized spacial score (nSPS) is 17.6. The first-order chi connectivity index (χ1) is 15.7. The predicted molar refractivity (Wildman–Crippen MR) is 122 cm³/mol. The molecule has 1 fully saturated rings. The highest BCUT2D eigenvalue weighted by Crippen LogP contribution is 2.39. The van der Waals surface area contributed by atoms with Crippen molar-refractivity contribution in [2.24, 2.45) is 0 Å². The van der Waals surface area contributed by atoms with Crippen LogP contribution >= 0.6 is 0 Å². The van der Waals surface area contributed by atoms with Crippen molar-refractivity contribution in [2.45, 2.75) is 37.5 Å². The van der Waals surface area contributed by atoms with Gasteiger partial charge >= 0.3 is 6.18 Å². The third-order valence-electron chi connectivity index (χ3n) is 6.66. The molecule has 0 saturated carbocycles. The van der Waals surface area contributed by atoms with Gasteiger partial charge in [0.25, 0.3) is 0 Å². The van der Waals surface area contributed by atoms with Gasteiger partial charge in [0.05, 0.1) is 30.4 Å². The van der Waals surface area contributed by atoms with E-state index in [1.165, 1.54) is 0 Å². The Morgan fingerprint density at radius 3 is 2.48 bits per heavy atom. The number of fused-ring (bicyclic) bond motifs is 1. The van der Waals surface area contributed by atoms with Crippen LogP contribution < -0.4 is 0 Å². The van der Waals surface area contributed by atoms with Gasteiger partial charge in [-0.25, -0.2) is 4.85 Å². The third-order valence-corrected chi connectivity index (χ3v) is 6.66. The molecule has 1 aliphatic rings. The van der Waals surface area contributed by atoms with E-state index in [1.54, 1.807) is 25.3 Å². The van der Waals surface area contributed by atoms with Crippen LogP contribution in [0.3, 0.4) is 0 Å². The van der Waals surface area contributed by atoms with Gasteiger partial charge < -0.3 is 9.64 Å². The minimum atomic E-state index is -4.45. The summed E-state index contributed by atoms with van der Waals surface area (Å²) in [6.07, 6.45) is -1.69. The second-order valence-electron chi connectivity index (χ2n) is 8.83. The summed E-state index contributed by atoms with van der Waals surface area (Å²) < 4.78 is 46.9. The first kappa shape index (κ1) is 23.2. The first-order valence-electron chi connectivity index (χ1n) is 11.0. The summed E-state index contributed by atoms with van der Waals surface area (Å²) in [7, 11) is 2.08. The largest absolute Gasteiger partial charge is 0.416 e. The molecule has 2 aromatic carbocycles. The lowest BCUT2D eigenvalue weighted by atomic mass is 9.73. The van der Waals surface area contributed by atoms with Crippen molar-refractivity contribution in [3.8, 4) is 0 Å². The molecule has 7 heteroatoms. The van der Waals surface area contributed by atoms with Crippen LogP contribution in [-0.4, -0.2) is 36.6 Å². The minimum absolute atomic E-state index is 0.258.